The van der Waals surface area contributed by atoms with Crippen LogP contribution in [0, 0.1) is 11.3 Å². The standard InChI is InChI=1S/C25H18ClNO3/c1-25-21-16-8-4-2-6-14(16)20(15-7-3-5-9-17(15)21)22(25)23(29)27(24(25)30)18-11-10-13(26)12-19(18)28/h2-12,20-22,28H,1H3/t20?,21?,22-,25-/m1/s1. The molecule has 0 unspecified atom stereocenters. The first-order valence-electron chi connectivity index (χ1n) is 9.99. The maximum atomic E-state index is 13.9. The molecule has 1 saturated heterocycles. The van der Waals surface area contributed by atoms with Crippen molar-refractivity contribution in [2.75, 3.05) is 4.90 Å². The molecule has 30 heavy (non-hydrogen) atoms. The molecule has 2 bridgehead atoms. The lowest BCUT2D eigenvalue weighted by molar-refractivity contribution is -0.128. The SMILES string of the molecule is C[C@]12C(=O)N(c3ccc(Cl)cc3O)C(=O)[C@H]1C1c3ccccc3C2c2ccccc21. The summed E-state index contributed by atoms with van der Waals surface area (Å²) < 4.78 is 0. The third kappa shape index (κ3) is 1.93. The molecule has 4 nitrogen and oxygen atoms in total. The summed E-state index contributed by atoms with van der Waals surface area (Å²) >= 11 is 5.98. The maximum absolute atomic E-state index is 13.9. The summed E-state index contributed by atoms with van der Waals surface area (Å²) in [5.74, 6) is -1.63. The second-order valence-corrected chi connectivity index (χ2v) is 8.98. The van der Waals surface area contributed by atoms with Crippen molar-refractivity contribution in [3.05, 3.63) is 94.0 Å². The zero-order valence-corrected chi connectivity index (χ0v) is 16.9. The average Bonchev–Trinajstić information content (AvgIpc) is 2.94. The summed E-state index contributed by atoms with van der Waals surface area (Å²) in [6.45, 7) is 1.91. The molecular formula is C25H18ClNO3. The smallest absolute Gasteiger partial charge is 0.241 e. The van der Waals surface area contributed by atoms with Gasteiger partial charge in [0.25, 0.3) is 0 Å². The zero-order chi connectivity index (χ0) is 20.8. The number of carbonyl (C=O) groups excluding carboxylic acids is 2. The molecule has 0 spiro atoms. The summed E-state index contributed by atoms with van der Waals surface area (Å²) in [4.78, 5) is 28.8. The van der Waals surface area contributed by atoms with Gasteiger partial charge in [0.2, 0.25) is 11.8 Å². The predicted octanol–water partition coefficient (Wildman–Crippen LogP) is 4.83. The Morgan fingerprint density at radius 2 is 1.47 bits per heavy atom. The summed E-state index contributed by atoms with van der Waals surface area (Å²) in [6.07, 6.45) is 0. The summed E-state index contributed by atoms with van der Waals surface area (Å²) in [5, 5.41) is 10.8. The Balaban J connectivity index is 1.62. The van der Waals surface area contributed by atoms with E-state index in [2.05, 4.69) is 24.3 Å². The molecule has 3 aromatic carbocycles. The highest BCUT2D eigenvalue weighted by atomic mass is 35.5. The molecular weight excluding hydrogens is 398 g/mol. The van der Waals surface area contributed by atoms with Crippen molar-refractivity contribution in [2.24, 2.45) is 11.3 Å². The number of aromatic hydroxyl groups is 1. The van der Waals surface area contributed by atoms with Crippen LogP contribution in [0.1, 0.15) is 41.0 Å². The van der Waals surface area contributed by atoms with Gasteiger partial charge in [-0.2, -0.15) is 0 Å². The fourth-order valence-corrected chi connectivity index (χ4v) is 6.20. The summed E-state index contributed by atoms with van der Waals surface area (Å²) in [7, 11) is 0. The van der Waals surface area contributed by atoms with Crippen LogP contribution in [-0.2, 0) is 9.59 Å². The maximum Gasteiger partial charge on any atom is 0.241 e. The highest BCUT2D eigenvalue weighted by Gasteiger charge is 2.69. The number of rotatable bonds is 1. The number of hydrogen-bond donors (Lipinski definition) is 1. The Morgan fingerprint density at radius 1 is 0.900 bits per heavy atom. The lowest BCUT2D eigenvalue weighted by atomic mass is 9.48. The molecule has 148 valence electrons. The Hall–Kier alpha value is -3.11. The van der Waals surface area contributed by atoms with Crippen LogP contribution in [0.5, 0.6) is 5.75 Å². The van der Waals surface area contributed by atoms with Crippen LogP contribution in [0.4, 0.5) is 5.69 Å². The Bertz CT molecular complexity index is 1220. The minimum absolute atomic E-state index is 0.172. The quantitative estimate of drug-likeness (QED) is 0.579. The third-order valence-corrected chi connectivity index (χ3v) is 7.43. The normalized spacial score (nSPS) is 28.3. The van der Waals surface area contributed by atoms with E-state index in [4.69, 9.17) is 11.6 Å². The molecule has 1 fully saturated rings. The van der Waals surface area contributed by atoms with Gasteiger partial charge in [-0.3, -0.25) is 9.59 Å². The Kier molecular flexibility index (Phi) is 3.39. The van der Waals surface area contributed by atoms with Gasteiger partial charge in [-0.05, 0) is 41.3 Å². The van der Waals surface area contributed by atoms with E-state index in [1.165, 1.54) is 17.0 Å². The second-order valence-electron chi connectivity index (χ2n) is 8.54. The number of halogens is 1. The first-order valence-corrected chi connectivity index (χ1v) is 10.4. The lowest BCUT2D eigenvalue weighted by Gasteiger charge is -2.51. The van der Waals surface area contributed by atoms with Gasteiger partial charge in [0, 0.05) is 22.9 Å². The molecule has 1 N–H and O–H groups in total. The topological polar surface area (TPSA) is 57.6 Å². The molecule has 3 aromatic rings. The molecule has 2 atom stereocenters. The number of hydrogen-bond acceptors (Lipinski definition) is 3. The predicted molar refractivity (Wildman–Crippen MR) is 114 cm³/mol. The van der Waals surface area contributed by atoms with E-state index in [0.717, 1.165) is 22.3 Å². The van der Waals surface area contributed by atoms with E-state index in [9.17, 15) is 14.7 Å². The molecule has 0 saturated carbocycles. The molecule has 0 aromatic heterocycles. The van der Waals surface area contributed by atoms with Gasteiger partial charge in [0.15, 0.2) is 0 Å². The summed E-state index contributed by atoms with van der Waals surface area (Å²) in [6, 6.07) is 20.7. The number of phenols is 1. The van der Waals surface area contributed by atoms with Crippen molar-refractivity contribution in [3.8, 4) is 5.75 Å². The Labute approximate surface area is 178 Å². The minimum Gasteiger partial charge on any atom is -0.506 e. The number of anilines is 1. The van der Waals surface area contributed by atoms with E-state index in [-0.39, 0.29) is 35.1 Å². The van der Waals surface area contributed by atoms with E-state index in [1.807, 2.05) is 31.2 Å². The number of amides is 2. The molecule has 5 heteroatoms. The van der Waals surface area contributed by atoms with Crippen molar-refractivity contribution >= 4 is 29.1 Å². The van der Waals surface area contributed by atoms with Gasteiger partial charge in [0.05, 0.1) is 17.0 Å². The first kappa shape index (κ1) is 17.7. The molecule has 0 radical (unpaired) electrons. The molecule has 3 aliphatic carbocycles. The van der Waals surface area contributed by atoms with Crippen LogP contribution >= 0.6 is 11.6 Å². The van der Waals surface area contributed by atoms with Crippen molar-refractivity contribution < 1.29 is 14.7 Å². The molecule has 1 aliphatic heterocycles. The van der Waals surface area contributed by atoms with Crippen LogP contribution < -0.4 is 4.90 Å². The Morgan fingerprint density at radius 3 is 2.03 bits per heavy atom. The van der Waals surface area contributed by atoms with Gasteiger partial charge in [-0.15, -0.1) is 0 Å². The average molecular weight is 416 g/mol. The lowest BCUT2D eigenvalue weighted by Crippen LogP contribution is -2.49. The van der Waals surface area contributed by atoms with Gasteiger partial charge in [0.1, 0.15) is 5.75 Å². The van der Waals surface area contributed by atoms with E-state index in [0.29, 0.717) is 5.02 Å². The molecule has 7 rings (SSSR count). The highest BCUT2D eigenvalue weighted by Crippen LogP contribution is 2.67. The number of imide groups is 1. The number of nitrogens with zero attached hydrogens (tertiary/aromatic N) is 1. The fraction of sp³-hybridized carbons (Fsp3) is 0.200. The molecule has 4 aliphatic rings. The van der Waals surface area contributed by atoms with Gasteiger partial charge in [-0.1, -0.05) is 60.1 Å². The molecule has 2 amide bonds. The van der Waals surface area contributed by atoms with Crippen LogP contribution in [0.15, 0.2) is 66.7 Å². The number of phenolic OH excluding ortho intramolecular Hbond substituents is 1. The van der Waals surface area contributed by atoms with Crippen molar-refractivity contribution in [3.63, 3.8) is 0 Å². The van der Waals surface area contributed by atoms with Crippen LogP contribution in [0.2, 0.25) is 5.02 Å². The molecule has 1 heterocycles. The minimum atomic E-state index is -0.920. The highest BCUT2D eigenvalue weighted by molar-refractivity contribution is 6.31. The van der Waals surface area contributed by atoms with E-state index >= 15 is 0 Å². The monoisotopic (exact) mass is 415 g/mol. The third-order valence-electron chi connectivity index (χ3n) is 7.19. The van der Waals surface area contributed by atoms with Crippen molar-refractivity contribution in [1.29, 1.82) is 0 Å². The van der Waals surface area contributed by atoms with Gasteiger partial charge >= 0.3 is 0 Å². The van der Waals surface area contributed by atoms with Gasteiger partial charge < -0.3 is 5.11 Å². The van der Waals surface area contributed by atoms with E-state index in [1.54, 1.807) is 6.07 Å². The van der Waals surface area contributed by atoms with Crippen molar-refractivity contribution in [2.45, 2.75) is 18.8 Å². The summed E-state index contributed by atoms with van der Waals surface area (Å²) in [5.41, 5.74) is 3.74. The van der Waals surface area contributed by atoms with Crippen LogP contribution in [0.25, 0.3) is 0 Å². The first-order chi connectivity index (χ1) is 14.4. The number of benzene rings is 3. The second kappa shape index (κ2) is 5.73. The van der Waals surface area contributed by atoms with Crippen molar-refractivity contribution in [1.82, 2.24) is 0 Å². The largest absolute Gasteiger partial charge is 0.506 e. The zero-order valence-electron chi connectivity index (χ0n) is 16.2. The van der Waals surface area contributed by atoms with E-state index < -0.39 is 11.3 Å². The van der Waals surface area contributed by atoms with Crippen LogP contribution in [0.3, 0.4) is 0 Å². The van der Waals surface area contributed by atoms with Gasteiger partial charge in [-0.25, -0.2) is 4.90 Å². The van der Waals surface area contributed by atoms with Crippen LogP contribution in [-0.4, -0.2) is 16.9 Å². The number of carbonyl (C=O) groups is 2. The fourth-order valence-electron chi connectivity index (χ4n) is 6.03.